The van der Waals surface area contributed by atoms with E-state index in [4.69, 9.17) is 5.73 Å². The van der Waals surface area contributed by atoms with E-state index in [0.29, 0.717) is 19.5 Å². The number of likely N-dealkylation sites (tertiary alicyclic amines) is 1. The number of piperidine rings is 1. The lowest BCUT2D eigenvalue weighted by Gasteiger charge is -2.31. The lowest BCUT2D eigenvalue weighted by molar-refractivity contribution is -0.141. The van der Waals surface area contributed by atoms with Gasteiger partial charge in [0.1, 0.15) is 11.5 Å². The number of urea groups is 1. The van der Waals surface area contributed by atoms with Gasteiger partial charge in [0.05, 0.1) is 12.7 Å². The number of carbonyl (C=O) groups is 2. The molecular weight excluding hydrogens is 303 g/mol. The fourth-order valence-electron chi connectivity index (χ4n) is 2.49. The van der Waals surface area contributed by atoms with E-state index in [2.05, 4.69) is 9.97 Å². The number of imidazole rings is 1. The Morgan fingerprint density at radius 3 is 2.82 bits per heavy atom. The van der Waals surface area contributed by atoms with Gasteiger partial charge < -0.3 is 10.7 Å². The van der Waals surface area contributed by atoms with Crippen LogP contribution in [0.25, 0.3) is 0 Å². The summed E-state index contributed by atoms with van der Waals surface area (Å²) in [4.78, 5) is 29.9. The van der Waals surface area contributed by atoms with Crippen molar-refractivity contribution >= 4 is 11.9 Å². The Morgan fingerprint density at radius 2 is 2.23 bits per heavy atom. The molecule has 7 nitrogen and oxygen atoms in total. The molecule has 1 saturated heterocycles. The summed E-state index contributed by atoms with van der Waals surface area (Å²) in [6.07, 6.45) is -2.29. The van der Waals surface area contributed by atoms with Gasteiger partial charge in [-0.1, -0.05) is 0 Å². The minimum atomic E-state index is -4.46. The molecule has 2 rings (SSSR count). The first kappa shape index (κ1) is 16.3. The molecule has 0 spiro atoms. The van der Waals surface area contributed by atoms with Gasteiger partial charge in [-0.3, -0.25) is 15.0 Å². The van der Waals surface area contributed by atoms with Crippen molar-refractivity contribution < 1.29 is 22.8 Å². The maximum Gasteiger partial charge on any atom is 0.432 e. The van der Waals surface area contributed by atoms with Crippen molar-refractivity contribution in [3.63, 3.8) is 0 Å². The van der Waals surface area contributed by atoms with Crippen molar-refractivity contribution in [1.29, 1.82) is 0 Å². The number of alkyl halides is 3. The van der Waals surface area contributed by atoms with Crippen molar-refractivity contribution in [2.24, 2.45) is 5.73 Å². The SMILES string of the molecule is NC(=O)NC(=O)CN1CCCC(c2ncc(C(F)(F)F)[nH]2)C1. The molecule has 1 atom stereocenters. The highest BCUT2D eigenvalue weighted by Crippen LogP contribution is 2.30. The van der Waals surface area contributed by atoms with E-state index in [1.54, 1.807) is 4.90 Å². The minimum Gasteiger partial charge on any atom is -0.351 e. The van der Waals surface area contributed by atoms with Crippen LogP contribution >= 0.6 is 0 Å². The van der Waals surface area contributed by atoms with Gasteiger partial charge >= 0.3 is 12.2 Å². The standard InChI is InChI=1S/C12H16F3N5O2/c13-12(14,15)8-4-17-10(18-8)7-2-1-3-20(5-7)6-9(21)19-11(16)22/h4,7H,1-3,5-6H2,(H,17,18)(H3,16,19,21,22). The number of amides is 3. The molecule has 0 radical (unpaired) electrons. The van der Waals surface area contributed by atoms with Crippen LogP contribution in [0.3, 0.4) is 0 Å². The summed E-state index contributed by atoms with van der Waals surface area (Å²) in [5.74, 6) is -0.498. The number of hydrogen-bond donors (Lipinski definition) is 3. The topological polar surface area (TPSA) is 104 Å². The van der Waals surface area contributed by atoms with Gasteiger partial charge in [0.15, 0.2) is 0 Å². The fraction of sp³-hybridized carbons (Fsp3) is 0.583. The summed E-state index contributed by atoms with van der Waals surface area (Å²) < 4.78 is 37.7. The number of primary amides is 1. The first-order valence-electron chi connectivity index (χ1n) is 6.69. The number of aromatic amines is 1. The number of rotatable bonds is 3. The Kier molecular flexibility index (Phi) is 4.69. The highest BCUT2D eigenvalue weighted by Gasteiger charge is 2.34. The van der Waals surface area contributed by atoms with Crippen LogP contribution in [0.5, 0.6) is 0 Å². The largest absolute Gasteiger partial charge is 0.432 e. The third kappa shape index (κ3) is 4.20. The highest BCUT2D eigenvalue weighted by molar-refractivity contribution is 5.94. The highest BCUT2D eigenvalue weighted by atomic mass is 19.4. The molecule has 2 heterocycles. The number of nitrogens with zero attached hydrogens (tertiary/aromatic N) is 2. The number of aromatic nitrogens is 2. The fourth-order valence-corrected chi connectivity index (χ4v) is 2.49. The summed E-state index contributed by atoms with van der Waals surface area (Å²) in [7, 11) is 0. The number of hydrogen-bond acceptors (Lipinski definition) is 4. The van der Waals surface area contributed by atoms with Gasteiger partial charge in [0.2, 0.25) is 5.91 Å². The minimum absolute atomic E-state index is 0.0354. The monoisotopic (exact) mass is 319 g/mol. The predicted molar refractivity (Wildman–Crippen MR) is 69.7 cm³/mol. The number of H-pyrrole nitrogens is 1. The lowest BCUT2D eigenvalue weighted by atomic mass is 9.97. The Balaban J connectivity index is 1.97. The average Bonchev–Trinajstić information content (AvgIpc) is 2.87. The van der Waals surface area contributed by atoms with E-state index in [-0.39, 0.29) is 18.3 Å². The van der Waals surface area contributed by atoms with E-state index >= 15 is 0 Å². The molecule has 1 aromatic rings. The average molecular weight is 319 g/mol. The molecule has 1 fully saturated rings. The summed E-state index contributed by atoms with van der Waals surface area (Å²) >= 11 is 0. The smallest absolute Gasteiger partial charge is 0.351 e. The molecule has 0 saturated carbocycles. The first-order valence-corrected chi connectivity index (χ1v) is 6.69. The van der Waals surface area contributed by atoms with Crippen molar-refractivity contribution in [2.45, 2.75) is 24.9 Å². The molecule has 1 aromatic heterocycles. The van der Waals surface area contributed by atoms with Crippen LogP contribution in [0.1, 0.15) is 30.3 Å². The van der Waals surface area contributed by atoms with Gasteiger partial charge in [-0.2, -0.15) is 13.2 Å². The number of nitrogens with one attached hydrogen (secondary N) is 2. The first-order chi connectivity index (χ1) is 10.3. The van der Waals surface area contributed by atoms with Crippen LogP contribution in [0.15, 0.2) is 6.20 Å². The van der Waals surface area contributed by atoms with Crippen molar-refractivity contribution in [3.05, 3.63) is 17.7 Å². The van der Waals surface area contributed by atoms with Gasteiger partial charge in [-0.15, -0.1) is 0 Å². The molecule has 0 aromatic carbocycles. The zero-order valence-electron chi connectivity index (χ0n) is 11.6. The number of carbonyl (C=O) groups excluding carboxylic acids is 2. The van der Waals surface area contributed by atoms with E-state index in [9.17, 15) is 22.8 Å². The van der Waals surface area contributed by atoms with Crippen molar-refractivity contribution in [1.82, 2.24) is 20.2 Å². The molecule has 22 heavy (non-hydrogen) atoms. The zero-order chi connectivity index (χ0) is 16.3. The Hall–Kier alpha value is -2.10. The third-order valence-corrected chi connectivity index (χ3v) is 3.42. The van der Waals surface area contributed by atoms with Crippen LogP contribution in [-0.2, 0) is 11.0 Å². The summed E-state index contributed by atoms with van der Waals surface area (Å²) in [6.45, 7) is 0.971. The normalized spacial score (nSPS) is 19.9. The second-order valence-corrected chi connectivity index (χ2v) is 5.17. The maximum atomic E-state index is 12.6. The molecule has 0 bridgehead atoms. The van der Waals surface area contributed by atoms with Gasteiger partial charge in [0, 0.05) is 12.5 Å². The number of imide groups is 1. The molecular formula is C12H16F3N5O2. The van der Waals surface area contributed by atoms with Crippen molar-refractivity contribution in [3.8, 4) is 0 Å². The number of halogens is 3. The lowest BCUT2D eigenvalue weighted by Crippen LogP contribution is -2.45. The van der Waals surface area contributed by atoms with E-state index in [1.807, 2.05) is 5.32 Å². The second kappa shape index (κ2) is 6.34. The molecule has 1 aliphatic rings. The summed E-state index contributed by atoms with van der Waals surface area (Å²) in [5, 5.41) is 1.95. The molecule has 3 amide bonds. The summed E-state index contributed by atoms with van der Waals surface area (Å²) in [6, 6.07) is -0.931. The van der Waals surface area contributed by atoms with Crippen LogP contribution < -0.4 is 11.1 Å². The van der Waals surface area contributed by atoms with E-state index in [1.165, 1.54) is 0 Å². The van der Waals surface area contributed by atoms with Crippen LogP contribution in [0, 0.1) is 0 Å². The quantitative estimate of drug-likeness (QED) is 0.766. The Labute approximate surface area is 124 Å². The van der Waals surface area contributed by atoms with Gasteiger partial charge in [-0.05, 0) is 19.4 Å². The molecule has 4 N–H and O–H groups in total. The van der Waals surface area contributed by atoms with Gasteiger partial charge in [-0.25, -0.2) is 9.78 Å². The predicted octanol–water partition coefficient (Wildman–Crippen LogP) is 0.803. The van der Waals surface area contributed by atoms with Gasteiger partial charge in [0.25, 0.3) is 0 Å². The van der Waals surface area contributed by atoms with Crippen molar-refractivity contribution in [2.75, 3.05) is 19.6 Å². The molecule has 0 aliphatic carbocycles. The van der Waals surface area contributed by atoms with Crippen LogP contribution in [-0.4, -0.2) is 46.4 Å². The number of nitrogens with two attached hydrogens (primary N) is 1. The van der Waals surface area contributed by atoms with Crippen LogP contribution in [0.4, 0.5) is 18.0 Å². The van der Waals surface area contributed by atoms with E-state index in [0.717, 1.165) is 12.6 Å². The molecule has 1 aliphatic heterocycles. The summed E-state index contributed by atoms with van der Waals surface area (Å²) in [5.41, 5.74) is 3.97. The maximum absolute atomic E-state index is 12.6. The molecule has 122 valence electrons. The second-order valence-electron chi connectivity index (χ2n) is 5.17. The zero-order valence-corrected chi connectivity index (χ0v) is 11.6. The van der Waals surface area contributed by atoms with E-state index < -0.39 is 23.8 Å². The Bertz CT molecular complexity index is 557. The third-order valence-electron chi connectivity index (χ3n) is 3.42. The Morgan fingerprint density at radius 1 is 1.50 bits per heavy atom. The molecule has 1 unspecified atom stereocenters. The molecule has 10 heteroatoms. The van der Waals surface area contributed by atoms with Crippen LogP contribution in [0.2, 0.25) is 0 Å².